The van der Waals surface area contributed by atoms with E-state index in [0.717, 1.165) is 16.7 Å². The molecule has 2 heterocycles. The number of rotatable bonds is 4. The Morgan fingerprint density at radius 1 is 0.909 bits per heavy atom. The van der Waals surface area contributed by atoms with Gasteiger partial charge in [0.1, 0.15) is 6.04 Å². The smallest absolute Gasteiger partial charge is 0.275 e. The van der Waals surface area contributed by atoms with E-state index < -0.39 is 6.04 Å². The van der Waals surface area contributed by atoms with Crippen LogP contribution < -0.4 is 10.9 Å². The lowest BCUT2D eigenvalue weighted by Gasteiger charge is -2.35. The number of benzene rings is 3. The third-order valence-electron chi connectivity index (χ3n) is 6.01. The van der Waals surface area contributed by atoms with Crippen molar-refractivity contribution in [3.05, 3.63) is 100 Å². The summed E-state index contributed by atoms with van der Waals surface area (Å²) in [6.45, 7) is 0.723. The van der Waals surface area contributed by atoms with Crippen LogP contribution in [0.1, 0.15) is 16.1 Å². The first-order valence-electron chi connectivity index (χ1n) is 10.8. The van der Waals surface area contributed by atoms with E-state index in [-0.39, 0.29) is 23.1 Å². The molecule has 5 rings (SSSR count). The topological polar surface area (TPSA) is 95.2 Å². The number of carbonyl (C=O) groups is 2. The van der Waals surface area contributed by atoms with Gasteiger partial charge in [-0.3, -0.25) is 14.4 Å². The lowest BCUT2D eigenvalue weighted by Crippen LogP contribution is -2.58. The van der Waals surface area contributed by atoms with Gasteiger partial charge in [0.05, 0.1) is 5.39 Å². The summed E-state index contributed by atoms with van der Waals surface area (Å²) in [6, 6.07) is 24.0. The summed E-state index contributed by atoms with van der Waals surface area (Å²) in [7, 11) is 0. The van der Waals surface area contributed by atoms with Crippen LogP contribution in [0.15, 0.2) is 83.7 Å². The summed E-state index contributed by atoms with van der Waals surface area (Å²) in [4.78, 5) is 40.2. The Kier molecular flexibility index (Phi) is 5.44. The fourth-order valence-electron chi connectivity index (χ4n) is 4.38. The van der Waals surface area contributed by atoms with Crippen molar-refractivity contribution >= 4 is 22.6 Å². The summed E-state index contributed by atoms with van der Waals surface area (Å²) in [5.74, 6) is -0.578. The molecule has 2 amide bonds. The molecule has 33 heavy (non-hydrogen) atoms. The number of carbonyl (C=O) groups excluding carboxylic acids is 2. The van der Waals surface area contributed by atoms with Gasteiger partial charge in [-0.15, -0.1) is 0 Å². The zero-order valence-corrected chi connectivity index (χ0v) is 17.8. The van der Waals surface area contributed by atoms with Crippen LogP contribution in [0.4, 0.5) is 0 Å². The molecule has 1 aliphatic rings. The molecule has 0 spiro atoms. The van der Waals surface area contributed by atoms with Gasteiger partial charge >= 0.3 is 0 Å². The number of H-pyrrole nitrogens is 1. The van der Waals surface area contributed by atoms with Crippen molar-refractivity contribution in [1.29, 1.82) is 0 Å². The van der Waals surface area contributed by atoms with Gasteiger partial charge in [-0.25, -0.2) is 5.10 Å². The molecule has 4 aromatic rings. The molecule has 0 aliphatic carbocycles. The second-order valence-corrected chi connectivity index (χ2v) is 7.98. The average molecular weight is 438 g/mol. The largest absolute Gasteiger partial charge is 0.353 e. The van der Waals surface area contributed by atoms with Gasteiger partial charge in [-0.2, -0.15) is 5.10 Å². The second-order valence-electron chi connectivity index (χ2n) is 7.98. The molecule has 1 saturated heterocycles. The highest BCUT2D eigenvalue weighted by atomic mass is 16.2. The van der Waals surface area contributed by atoms with Crippen LogP contribution in [0.2, 0.25) is 0 Å². The van der Waals surface area contributed by atoms with Crippen molar-refractivity contribution in [2.24, 2.45) is 0 Å². The lowest BCUT2D eigenvalue weighted by molar-refractivity contribution is -0.127. The third-order valence-corrected chi connectivity index (χ3v) is 6.01. The molecule has 1 atom stereocenters. The molecule has 7 nitrogen and oxygen atoms in total. The number of piperazine rings is 1. The molecule has 1 unspecified atom stereocenters. The number of hydrogen-bond donors (Lipinski definition) is 2. The highest BCUT2D eigenvalue weighted by Crippen LogP contribution is 2.26. The summed E-state index contributed by atoms with van der Waals surface area (Å²) in [6.07, 6.45) is 0.365. The quantitative estimate of drug-likeness (QED) is 0.512. The molecule has 7 heteroatoms. The van der Waals surface area contributed by atoms with Gasteiger partial charge < -0.3 is 10.2 Å². The van der Waals surface area contributed by atoms with Gasteiger partial charge in [0.25, 0.3) is 11.5 Å². The molecular formula is C26H22N4O3. The van der Waals surface area contributed by atoms with E-state index in [2.05, 4.69) is 15.5 Å². The first-order chi connectivity index (χ1) is 16.1. The Labute approximate surface area is 190 Å². The maximum atomic E-state index is 13.6. The molecule has 0 saturated carbocycles. The van der Waals surface area contributed by atoms with Gasteiger partial charge in [0.15, 0.2) is 5.69 Å². The van der Waals surface area contributed by atoms with Gasteiger partial charge in [-0.05, 0) is 22.8 Å². The number of amides is 2. The Morgan fingerprint density at radius 3 is 2.42 bits per heavy atom. The number of nitrogens with one attached hydrogen (secondary N) is 2. The van der Waals surface area contributed by atoms with E-state index in [1.165, 1.54) is 0 Å². The van der Waals surface area contributed by atoms with E-state index in [4.69, 9.17) is 0 Å². The molecule has 1 fully saturated rings. The summed E-state index contributed by atoms with van der Waals surface area (Å²) < 4.78 is 0. The monoisotopic (exact) mass is 438 g/mol. The molecule has 0 radical (unpaired) electrons. The van der Waals surface area contributed by atoms with Gasteiger partial charge in [0, 0.05) is 24.9 Å². The highest BCUT2D eigenvalue weighted by Gasteiger charge is 2.35. The molecule has 164 valence electrons. The van der Waals surface area contributed by atoms with Gasteiger partial charge in [-0.1, -0.05) is 72.8 Å². The zero-order valence-electron chi connectivity index (χ0n) is 17.8. The van der Waals surface area contributed by atoms with Crippen LogP contribution in [0, 0.1) is 0 Å². The van der Waals surface area contributed by atoms with Crippen molar-refractivity contribution in [3.8, 4) is 11.1 Å². The zero-order chi connectivity index (χ0) is 22.8. The van der Waals surface area contributed by atoms with Crippen LogP contribution in [0.3, 0.4) is 0 Å². The van der Waals surface area contributed by atoms with Crippen molar-refractivity contribution in [3.63, 3.8) is 0 Å². The van der Waals surface area contributed by atoms with Crippen LogP contribution in [-0.4, -0.2) is 46.0 Å². The van der Waals surface area contributed by atoms with E-state index >= 15 is 0 Å². The summed E-state index contributed by atoms with van der Waals surface area (Å²) in [5.41, 5.74) is 2.84. The molecule has 1 aromatic heterocycles. The third kappa shape index (κ3) is 3.89. The minimum Gasteiger partial charge on any atom is -0.353 e. The van der Waals surface area contributed by atoms with E-state index in [1.54, 1.807) is 29.2 Å². The number of nitrogens with zero attached hydrogens (tertiary/aromatic N) is 2. The predicted molar refractivity (Wildman–Crippen MR) is 126 cm³/mol. The van der Waals surface area contributed by atoms with E-state index in [1.807, 2.05) is 54.6 Å². The molecule has 2 N–H and O–H groups in total. The minimum atomic E-state index is -0.691. The van der Waals surface area contributed by atoms with Crippen molar-refractivity contribution in [2.45, 2.75) is 12.5 Å². The van der Waals surface area contributed by atoms with E-state index in [9.17, 15) is 14.4 Å². The maximum absolute atomic E-state index is 13.6. The van der Waals surface area contributed by atoms with Crippen LogP contribution in [-0.2, 0) is 11.2 Å². The Hall–Kier alpha value is -4.26. The molecule has 1 aliphatic heterocycles. The molecular weight excluding hydrogens is 416 g/mol. The van der Waals surface area contributed by atoms with Crippen molar-refractivity contribution < 1.29 is 9.59 Å². The number of aromatic amines is 1. The average Bonchev–Trinajstić information content (AvgIpc) is 2.86. The minimum absolute atomic E-state index is 0.140. The fraction of sp³-hybridized carbons (Fsp3) is 0.154. The normalized spacial score (nSPS) is 15.9. The summed E-state index contributed by atoms with van der Waals surface area (Å²) >= 11 is 0. The SMILES string of the molecule is O=C1NCCN(C(=O)c2n[nH]c(=O)c3ccccc23)C1Cc1ccccc1-c1ccccc1. The summed E-state index contributed by atoms with van der Waals surface area (Å²) in [5, 5.41) is 10.2. The Bertz CT molecular complexity index is 1400. The first kappa shape index (κ1) is 20.6. The Balaban J connectivity index is 1.52. The van der Waals surface area contributed by atoms with E-state index in [0.29, 0.717) is 30.3 Å². The first-order valence-corrected chi connectivity index (χ1v) is 10.8. The van der Waals surface area contributed by atoms with Crippen molar-refractivity contribution in [1.82, 2.24) is 20.4 Å². The number of fused-ring (bicyclic) bond motifs is 1. The Morgan fingerprint density at radius 2 is 1.61 bits per heavy atom. The maximum Gasteiger partial charge on any atom is 0.275 e. The lowest BCUT2D eigenvalue weighted by atomic mass is 9.93. The van der Waals surface area contributed by atoms with Gasteiger partial charge in [0.2, 0.25) is 5.91 Å². The molecule has 0 bridgehead atoms. The molecule has 3 aromatic carbocycles. The highest BCUT2D eigenvalue weighted by molar-refractivity contribution is 6.06. The fourth-order valence-corrected chi connectivity index (χ4v) is 4.38. The standard InChI is InChI=1S/C26H22N4O3/c31-24-21-13-7-6-12-20(21)23(28-29-24)26(33)30-15-14-27-25(32)22(30)16-18-10-4-5-11-19(18)17-8-2-1-3-9-17/h1-13,22H,14-16H2,(H,27,32)(H,29,31). The number of hydrogen-bond acceptors (Lipinski definition) is 4. The van der Waals surface area contributed by atoms with Crippen LogP contribution in [0.25, 0.3) is 21.9 Å². The predicted octanol–water partition coefficient (Wildman–Crippen LogP) is 2.77. The number of aromatic nitrogens is 2. The van der Waals surface area contributed by atoms with Crippen LogP contribution >= 0.6 is 0 Å². The van der Waals surface area contributed by atoms with Crippen molar-refractivity contribution in [2.75, 3.05) is 13.1 Å². The van der Waals surface area contributed by atoms with Crippen LogP contribution in [0.5, 0.6) is 0 Å². The second kappa shape index (κ2) is 8.70.